The van der Waals surface area contributed by atoms with Gasteiger partial charge in [-0.2, -0.15) is 0 Å². The van der Waals surface area contributed by atoms with Gasteiger partial charge in [-0.3, -0.25) is 0 Å². The fourth-order valence-corrected chi connectivity index (χ4v) is 2.95. The Morgan fingerprint density at radius 3 is 2.84 bits per heavy atom. The number of nitrogens with two attached hydrogens (primary N) is 1. The van der Waals surface area contributed by atoms with E-state index >= 15 is 0 Å². The molecule has 0 saturated carbocycles. The summed E-state index contributed by atoms with van der Waals surface area (Å²) in [4.78, 5) is 0. The van der Waals surface area contributed by atoms with Crippen molar-refractivity contribution < 1.29 is 0 Å². The molecule has 3 rings (SSSR count). The highest BCUT2D eigenvalue weighted by molar-refractivity contribution is 7.17. The highest BCUT2D eigenvalue weighted by Gasteiger charge is 2.18. The Morgan fingerprint density at radius 2 is 2.11 bits per heavy atom. The van der Waals surface area contributed by atoms with Crippen molar-refractivity contribution in [3.05, 3.63) is 47.1 Å². The maximum atomic E-state index is 6.02. The SMILES string of the molecule is CC(C)(N)c1cn(Cc2csc3ccccc23)nn1. The van der Waals surface area contributed by atoms with Gasteiger partial charge in [0.15, 0.2) is 0 Å². The van der Waals surface area contributed by atoms with Crippen LogP contribution in [0.4, 0.5) is 0 Å². The summed E-state index contributed by atoms with van der Waals surface area (Å²) in [6.45, 7) is 4.59. The van der Waals surface area contributed by atoms with E-state index in [0.29, 0.717) is 0 Å². The Hall–Kier alpha value is -1.72. The molecule has 0 atom stereocenters. The van der Waals surface area contributed by atoms with Gasteiger partial charge in [0, 0.05) is 4.70 Å². The second-order valence-corrected chi connectivity index (χ2v) is 6.19. The van der Waals surface area contributed by atoms with Crippen LogP contribution in [0.3, 0.4) is 0 Å². The van der Waals surface area contributed by atoms with Crippen LogP contribution in [0.1, 0.15) is 25.1 Å². The van der Waals surface area contributed by atoms with Crippen LogP contribution in [-0.2, 0) is 12.1 Å². The monoisotopic (exact) mass is 272 g/mol. The standard InChI is InChI=1S/C14H16N4S/c1-14(2,15)13-8-18(17-16-13)7-10-9-19-12-6-4-3-5-11(10)12/h3-6,8-9H,7,15H2,1-2H3. The van der Waals surface area contributed by atoms with Crippen LogP contribution in [0.2, 0.25) is 0 Å². The van der Waals surface area contributed by atoms with Crippen LogP contribution >= 0.6 is 11.3 Å². The zero-order valence-electron chi connectivity index (χ0n) is 11.0. The molecule has 1 aromatic carbocycles. The molecule has 0 bridgehead atoms. The second-order valence-electron chi connectivity index (χ2n) is 5.28. The quantitative estimate of drug-likeness (QED) is 0.797. The van der Waals surface area contributed by atoms with E-state index in [1.54, 1.807) is 11.3 Å². The third-order valence-electron chi connectivity index (χ3n) is 3.09. The highest BCUT2D eigenvalue weighted by atomic mass is 32.1. The lowest BCUT2D eigenvalue weighted by atomic mass is 10.0. The van der Waals surface area contributed by atoms with Gasteiger partial charge in [0.1, 0.15) is 5.69 Å². The van der Waals surface area contributed by atoms with Crippen molar-refractivity contribution in [1.82, 2.24) is 15.0 Å². The van der Waals surface area contributed by atoms with Gasteiger partial charge in [-0.05, 0) is 36.2 Å². The molecule has 0 fully saturated rings. The first-order valence-electron chi connectivity index (χ1n) is 6.18. The summed E-state index contributed by atoms with van der Waals surface area (Å²) in [5.41, 5.74) is 7.65. The molecule has 2 N–H and O–H groups in total. The molecule has 0 aliphatic heterocycles. The molecule has 3 aromatic rings. The third-order valence-corrected chi connectivity index (χ3v) is 4.10. The van der Waals surface area contributed by atoms with E-state index < -0.39 is 5.54 Å². The number of nitrogens with zero attached hydrogens (tertiary/aromatic N) is 3. The minimum Gasteiger partial charge on any atom is -0.320 e. The maximum Gasteiger partial charge on any atom is 0.102 e. The number of rotatable bonds is 3. The minimum atomic E-state index is -0.449. The van der Waals surface area contributed by atoms with Gasteiger partial charge < -0.3 is 5.73 Å². The van der Waals surface area contributed by atoms with Crippen molar-refractivity contribution in [2.75, 3.05) is 0 Å². The molecule has 19 heavy (non-hydrogen) atoms. The molecule has 4 nitrogen and oxygen atoms in total. The number of thiophene rings is 1. The van der Waals surface area contributed by atoms with Crippen molar-refractivity contribution in [1.29, 1.82) is 0 Å². The number of hydrogen-bond acceptors (Lipinski definition) is 4. The van der Waals surface area contributed by atoms with Gasteiger partial charge in [0.2, 0.25) is 0 Å². The summed E-state index contributed by atoms with van der Waals surface area (Å²) in [6, 6.07) is 8.41. The van der Waals surface area contributed by atoms with Gasteiger partial charge in [-0.25, -0.2) is 4.68 Å². The maximum absolute atomic E-state index is 6.02. The summed E-state index contributed by atoms with van der Waals surface area (Å²) < 4.78 is 3.15. The number of benzene rings is 1. The second kappa shape index (κ2) is 4.43. The molecule has 0 spiro atoms. The number of hydrogen-bond donors (Lipinski definition) is 1. The van der Waals surface area contributed by atoms with Gasteiger partial charge in [-0.1, -0.05) is 23.4 Å². The molecule has 0 unspecified atom stereocenters. The van der Waals surface area contributed by atoms with E-state index in [-0.39, 0.29) is 0 Å². The minimum absolute atomic E-state index is 0.449. The van der Waals surface area contributed by atoms with Crippen molar-refractivity contribution >= 4 is 21.4 Å². The van der Waals surface area contributed by atoms with E-state index in [4.69, 9.17) is 5.73 Å². The van der Waals surface area contributed by atoms with Gasteiger partial charge in [-0.15, -0.1) is 16.4 Å². The third kappa shape index (κ3) is 2.39. The van der Waals surface area contributed by atoms with Crippen LogP contribution in [0, 0.1) is 0 Å². The molecule has 2 heterocycles. The number of aromatic nitrogens is 3. The van der Waals surface area contributed by atoms with E-state index in [9.17, 15) is 0 Å². The lowest BCUT2D eigenvalue weighted by Gasteiger charge is -2.13. The number of fused-ring (bicyclic) bond motifs is 1. The molecular formula is C14H16N4S. The van der Waals surface area contributed by atoms with E-state index in [0.717, 1.165) is 12.2 Å². The average molecular weight is 272 g/mol. The zero-order chi connectivity index (χ0) is 13.5. The van der Waals surface area contributed by atoms with Crippen molar-refractivity contribution in [3.8, 4) is 0 Å². The molecule has 0 radical (unpaired) electrons. The topological polar surface area (TPSA) is 56.7 Å². The first kappa shape index (κ1) is 12.3. The largest absolute Gasteiger partial charge is 0.320 e. The van der Waals surface area contributed by atoms with Crippen LogP contribution in [0.5, 0.6) is 0 Å². The molecule has 5 heteroatoms. The molecular weight excluding hydrogens is 256 g/mol. The smallest absolute Gasteiger partial charge is 0.102 e. The summed E-state index contributed by atoms with van der Waals surface area (Å²) in [7, 11) is 0. The lowest BCUT2D eigenvalue weighted by molar-refractivity contribution is 0.533. The molecule has 0 aliphatic rings. The molecule has 2 aromatic heterocycles. The highest BCUT2D eigenvalue weighted by Crippen LogP contribution is 2.26. The summed E-state index contributed by atoms with van der Waals surface area (Å²) in [5.74, 6) is 0. The van der Waals surface area contributed by atoms with Gasteiger partial charge in [0.05, 0.1) is 18.3 Å². The molecule has 0 aliphatic carbocycles. The van der Waals surface area contributed by atoms with E-state index in [1.807, 2.05) is 24.7 Å². The summed E-state index contributed by atoms with van der Waals surface area (Å²) >= 11 is 1.76. The predicted molar refractivity (Wildman–Crippen MR) is 78.2 cm³/mol. The van der Waals surface area contributed by atoms with E-state index in [1.165, 1.54) is 15.6 Å². The van der Waals surface area contributed by atoms with Crippen molar-refractivity contribution in [3.63, 3.8) is 0 Å². The Kier molecular flexibility index (Phi) is 2.88. The Labute approximate surface area is 115 Å². The lowest BCUT2D eigenvalue weighted by Crippen LogP contribution is -2.29. The Balaban J connectivity index is 1.91. The van der Waals surface area contributed by atoms with Crippen molar-refractivity contribution in [2.24, 2.45) is 5.73 Å². The molecule has 0 saturated heterocycles. The Bertz CT molecular complexity index is 705. The first-order valence-corrected chi connectivity index (χ1v) is 7.06. The van der Waals surface area contributed by atoms with E-state index in [2.05, 4.69) is 40.0 Å². The molecule has 0 amide bonds. The fourth-order valence-electron chi connectivity index (χ4n) is 2.00. The fraction of sp³-hybridized carbons (Fsp3) is 0.286. The van der Waals surface area contributed by atoms with Crippen molar-refractivity contribution in [2.45, 2.75) is 25.9 Å². The van der Waals surface area contributed by atoms with Gasteiger partial charge >= 0.3 is 0 Å². The van der Waals surface area contributed by atoms with Crippen LogP contribution < -0.4 is 5.73 Å². The normalized spacial score (nSPS) is 12.2. The van der Waals surface area contributed by atoms with Crippen LogP contribution in [0.25, 0.3) is 10.1 Å². The Morgan fingerprint density at radius 1 is 1.32 bits per heavy atom. The summed E-state index contributed by atoms with van der Waals surface area (Å²) in [6.07, 6.45) is 1.92. The molecule has 98 valence electrons. The van der Waals surface area contributed by atoms with Crippen LogP contribution in [0.15, 0.2) is 35.8 Å². The van der Waals surface area contributed by atoms with Gasteiger partial charge in [0.25, 0.3) is 0 Å². The average Bonchev–Trinajstić information content (AvgIpc) is 2.97. The predicted octanol–water partition coefficient (Wildman–Crippen LogP) is 2.73. The first-order chi connectivity index (χ1) is 9.04. The zero-order valence-corrected chi connectivity index (χ0v) is 11.8. The van der Waals surface area contributed by atoms with Crippen LogP contribution in [-0.4, -0.2) is 15.0 Å². The summed E-state index contributed by atoms with van der Waals surface area (Å²) in [5, 5.41) is 11.8.